The summed E-state index contributed by atoms with van der Waals surface area (Å²) in [6.45, 7) is 2.91. The molecule has 0 saturated carbocycles. The lowest BCUT2D eigenvalue weighted by Crippen LogP contribution is -2.63. The summed E-state index contributed by atoms with van der Waals surface area (Å²) < 4.78 is 0.861. The molecule has 1 amide bonds. The monoisotopic (exact) mass is 286 g/mol. The predicted molar refractivity (Wildman–Crippen MR) is 64.3 cm³/mol. The molecule has 88 valence electrons. The van der Waals surface area contributed by atoms with Gasteiger partial charge in [-0.1, -0.05) is 13.3 Å². The SMILES string of the molecule is CCCC1(O)CN(C(=O)c2cc(Br)c[nH]2)C1. The van der Waals surface area contributed by atoms with E-state index in [4.69, 9.17) is 0 Å². The quantitative estimate of drug-likeness (QED) is 0.890. The molecule has 0 aliphatic carbocycles. The van der Waals surface area contributed by atoms with Gasteiger partial charge < -0.3 is 15.0 Å². The summed E-state index contributed by atoms with van der Waals surface area (Å²) in [7, 11) is 0. The summed E-state index contributed by atoms with van der Waals surface area (Å²) in [4.78, 5) is 16.4. The van der Waals surface area contributed by atoms with E-state index in [1.165, 1.54) is 0 Å². The van der Waals surface area contributed by atoms with Gasteiger partial charge >= 0.3 is 0 Å². The second kappa shape index (κ2) is 4.22. The Morgan fingerprint density at radius 3 is 2.88 bits per heavy atom. The number of nitrogens with zero attached hydrogens (tertiary/aromatic N) is 1. The summed E-state index contributed by atoms with van der Waals surface area (Å²) in [6, 6.07) is 1.75. The molecule has 5 heteroatoms. The van der Waals surface area contributed by atoms with Gasteiger partial charge in [0.2, 0.25) is 0 Å². The number of H-pyrrole nitrogens is 1. The number of aromatic amines is 1. The Labute approximate surface area is 103 Å². The van der Waals surface area contributed by atoms with Crippen LogP contribution < -0.4 is 0 Å². The zero-order valence-electron chi connectivity index (χ0n) is 9.16. The first-order valence-electron chi connectivity index (χ1n) is 5.40. The third-order valence-corrected chi connectivity index (χ3v) is 3.31. The maximum atomic E-state index is 11.9. The summed E-state index contributed by atoms with van der Waals surface area (Å²) in [6.07, 6.45) is 3.42. The van der Waals surface area contributed by atoms with Crippen molar-refractivity contribution in [1.82, 2.24) is 9.88 Å². The molecular weight excluding hydrogens is 272 g/mol. The first-order chi connectivity index (χ1) is 7.54. The van der Waals surface area contributed by atoms with E-state index in [0.29, 0.717) is 18.8 Å². The van der Waals surface area contributed by atoms with Crippen molar-refractivity contribution in [2.24, 2.45) is 0 Å². The number of nitrogens with one attached hydrogen (secondary N) is 1. The Morgan fingerprint density at radius 2 is 2.38 bits per heavy atom. The van der Waals surface area contributed by atoms with Crippen molar-refractivity contribution in [3.05, 3.63) is 22.4 Å². The Hall–Kier alpha value is -0.810. The number of hydrogen-bond acceptors (Lipinski definition) is 2. The number of rotatable bonds is 3. The minimum Gasteiger partial charge on any atom is -0.386 e. The van der Waals surface area contributed by atoms with Gasteiger partial charge in [0.15, 0.2) is 0 Å². The van der Waals surface area contributed by atoms with E-state index in [1.807, 2.05) is 6.92 Å². The van der Waals surface area contributed by atoms with Crippen molar-refractivity contribution in [1.29, 1.82) is 0 Å². The molecule has 2 N–H and O–H groups in total. The van der Waals surface area contributed by atoms with Crippen LogP contribution >= 0.6 is 15.9 Å². The Morgan fingerprint density at radius 1 is 1.69 bits per heavy atom. The second-order valence-electron chi connectivity index (χ2n) is 4.37. The van der Waals surface area contributed by atoms with Gasteiger partial charge in [0.1, 0.15) is 5.69 Å². The fraction of sp³-hybridized carbons (Fsp3) is 0.545. The summed E-state index contributed by atoms with van der Waals surface area (Å²) in [5, 5.41) is 9.97. The molecule has 16 heavy (non-hydrogen) atoms. The maximum Gasteiger partial charge on any atom is 0.270 e. The van der Waals surface area contributed by atoms with Crippen molar-refractivity contribution in [3.8, 4) is 0 Å². The van der Waals surface area contributed by atoms with Crippen molar-refractivity contribution < 1.29 is 9.90 Å². The number of β-amino-alcohol motifs (C(OH)–C–C–N with tert-alkyl or cyclic N) is 1. The number of carbonyl (C=O) groups excluding carboxylic acids is 1. The van der Waals surface area contributed by atoms with Crippen LogP contribution in [0.2, 0.25) is 0 Å². The van der Waals surface area contributed by atoms with E-state index in [1.54, 1.807) is 17.2 Å². The third kappa shape index (κ3) is 2.15. The number of likely N-dealkylation sites (tertiary alicyclic amines) is 1. The average molecular weight is 287 g/mol. The van der Waals surface area contributed by atoms with Crippen molar-refractivity contribution in [2.75, 3.05) is 13.1 Å². The van der Waals surface area contributed by atoms with Crippen LogP contribution in [0.25, 0.3) is 0 Å². The number of carbonyl (C=O) groups is 1. The van der Waals surface area contributed by atoms with Crippen LogP contribution in [0.15, 0.2) is 16.7 Å². The molecular formula is C11H15BrN2O2. The van der Waals surface area contributed by atoms with Gasteiger partial charge in [-0.05, 0) is 28.4 Å². The smallest absolute Gasteiger partial charge is 0.270 e. The van der Waals surface area contributed by atoms with E-state index in [9.17, 15) is 9.90 Å². The fourth-order valence-corrected chi connectivity index (χ4v) is 2.44. The van der Waals surface area contributed by atoms with Crippen LogP contribution in [0.1, 0.15) is 30.3 Å². The highest BCUT2D eigenvalue weighted by atomic mass is 79.9. The predicted octanol–water partition coefficient (Wildman–Crippen LogP) is 1.76. The van der Waals surface area contributed by atoms with Gasteiger partial charge in [0.05, 0.1) is 18.7 Å². The normalized spacial score (nSPS) is 18.3. The van der Waals surface area contributed by atoms with Crippen molar-refractivity contribution in [2.45, 2.75) is 25.4 Å². The lowest BCUT2D eigenvalue weighted by atomic mass is 9.89. The molecule has 0 spiro atoms. The van der Waals surface area contributed by atoms with E-state index in [0.717, 1.165) is 17.3 Å². The molecule has 1 aliphatic rings. The summed E-state index contributed by atoms with van der Waals surface area (Å²) >= 11 is 3.29. The molecule has 0 bridgehead atoms. The molecule has 1 saturated heterocycles. The van der Waals surface area contributed by atoms with Gasteiger partial charge in [0.25, 0.3) is 5.91 Å². The molecule has 1 fully saturated rings. The van der Waals surface area contributed by atoms with Gasteiger partial charge in [-0.2, -0.15) is 0 Å². The molecule has 2 rings (SSSR count). The number of halogens is 1. The first kappa shape index (κ1) is 11.7. The zero-order valence-corrected chi connectivity index (χ0v) is 10.7. The molecule has 1 aliphatic heterocycles. The van der Waals surface area contributed by atoms with Crippen LogP contribution in [-0.4, -0.2) is 39.6 Å². The molecule has 4 nitrogen and oxygen atoms in total. The highest BCUT2D eigenvalue weighted by molar-refractivity contribution is 9.10. The largest absolute Gasteiger partial charge is 0.386 e. The minimum atomic E-state index is -0.658. The van der Waals surface area contributed by atoms with Crippen LogP contribution in [0.4, 0.5) is 0 Å². The Bertz CT molecular complexity index is 396. The molecule has 0 radical (unpaired) electrons. The topological polar surface area (TPSA) is 56.3 Å². The lowest BCUT2D eigenvalue weighted by Gasteiger charge is -2.46. The Balaban J connectivity index is 1.95. The summed E-state index contributed by atoms with van der Waals surface area (Å²) in [5.41, 5.74) is -0.0979. The van der Waals surface area contributed by atoms with Gasteiger partial charge in [-0.15, -0.1) is 0 Å². The van der Waals surface area contributed by atoms with E-state index in [2.05, 4.69) is 20.9 Å². The van der Waals surface area contributed by atoms with Crippen LogP contribution in [0.5, 0.6) is 0 Å². The van der Waals surface area contributed by atoms with Crippen LogP contribution in [-0.2, 0) is 0 Å². The van der Waals surface area contributed by atoms with E-state index < -0.39 is 5.60 Å². The molecule has 0 aromatic carbocycles. The Kier molecular flexibility index (Phi) is 3.08. The zero-order chi connectivity index (χ0) is 11.8. The summed E-state index contributed by atoms with van der Waals surface area (Å²) in [5.74, 6) is -0.0496. The standard InChI is InChI=1S/C11H15BrN2O2/c1-2-3-11(16)6-14(7-11)10(15)9-4-8(12)5-13-9/h4-5,13,16H,2-3,6-7H2,1H3. The fourth-order valence-electron chi connectivity index (χ4n) is 2.09. The number of hydrogen-bond donors (Lipinski definition) is 2. The number of aliphatic hydroxyl groups is 1. The van der Waals surface area contributed by atoms with Gasteiger partial charge in [0, 0.05) is 10.7 Å². The molecule has 0 atom stereocenters. The molecule has 0 unspecified atom stereocenters. The molecule has 2 heterocycles. The third-order valence-electron chi connectivity index (χ3n) is 2.85. The maximum absolute atomic E-state index is 11.9. The van der Waals surface area contributed by atoms with Gasteiger partial charge in [-0.3, -0.25) is 4.79 Å². The average Bonchev–Trinajstić information content (AvgIpc) is 2.60. The number of amides is 1. The lowest BCUT2D eigenvalue weighted by molar-refractivity contribution is -0.0861. The molecule has 1 aromatic heterocycles. The highest BCUT2D eigenvalue weighted by Gasteiger charge is 2.43. The number of aromatic nitrogens is 1. The van der Waals surface area contributed by atoms with Crippen LogP contribution in [0, 0.1) is 0 Å². The van der Waals surface area contributed by atoms with Crippen LogP contribution in [0.3, 0.4) is 0 Å². The van der Waals surface area contributed by atoms with Crippen molar-refractivity contribution >= 4 is 21.8 Å². The van der Waals surface area contributed by atoms with E-state index >= 15 is 0 Å². The second-order valence-corrected chi connectivity index (χ2v) is 5.28. The highest BCUT2D eigenvalue weighted by Crippen LogP contribution is 2.27. The molecule has 1 aromatic rings. The minimum absolute atomic E-state index is 0.0496. The van der Waals surface area contributed by atoms with Crippen molar-refractivity contribution in [3.63, 3.8) is 0 Å². The van der Waals surface area contributed by atoms with Gasteiger partial charge in [-0.25, -0.2) is 0 Å². The van der Waals surface area contributed by atoms with E-state index in [-0.39, 0.29) is 5.91 Å². The first-order valence-corrected chi connectivity index (χ1v) is 6.19.